The van der Waals surface area contributed by atoms with Gasteiger partial charge in [0.25, 0.3) is 0 Å². The van der Waals surface area contributed by atoms with Crippen LogP contribution in [0.5, 0.6) is 0 Å². The van der Waals surface area contributed by atoms with Crippen molar-refractivity contribution in [3.8, 4) is 0 Å². The molecule has 0 saturated heterocycles. The highest BCUT2D eigenvalue weighted by atomic mass is 35.5. The Morgan fingerprint density at radius 3 is 2.12 bits per heavy atom. The van der Waals surface area contributed by atoms with Gasteiger partial charge in [0.15, 0.2) is 0 Å². The molecule has 0 aliphatic rings. The van der Waals surface area contributed by atoms with Crippen LogP contribution in [-0.4, -0.2) is 0 Å². The van der Waals surface area contributed by atoms with E-state index in [1.807, 2.05) is 42.5 Å². The molecule has 0 aliphatic carbocycles. The lowest BCUT2D eigenvalue weighted by atomic mass is 10.00. The number of rotatable bonds is 2. The second-order valence-corrected chi connectivity index (χ2v) is 4.38. The topological polar surface area (TPSA) is 26.0 Å². The fraction of sp³-hybridized carbons (Fsp3) is 0.0769. The highest BCUT2D eigenvalue weighted by Gasteiger charge is 2.09. The van der Waals surface area contributed by atoms with Gasteiger partial charge in [0.1, 0.15) is 0 Å². The Morgan fingerprint density at radius 2 is 1.50 bits per heavy atom. The SMILES string of the molecule is NC(c1ccccc1)c1ccc(Cl)c(Cl)c1. The van der Waals surface area contributed by atoms with E-state index >= 15 is 0 Å². The Kier molecular flexibility index (Phi) is 3.49. The zero-order valence-electron chi connectivity index (χ0n) is 8.53. The van der Waals surface area contributed by atoms with E-state index in [2.05, 4.69) is 0 Å². The number of hydrogen-bond donors (Lipinski definition) is 1. The average molecular weight is 252 g/mol. The second kappa shape index (κ2) is 4.88. The molecule has 1 atom stereocenters. The number of nitrogens with two attached hydrogens (primary N) is 1. The molecule has 0 amide bonds. The van der Waals surface area contributed by atoms with Crippen molar-refractivity contribution < 1.29 is 0 Å². The molecule has 2 aromatic rings. The molecule has 82 valence electrons. The van der Waals surface area contributed by atoms with Crippen LogP contribution in [0.1, 0.15) is 17.2 Å². The first kappa shape index (κ1) is 11.5. The van der Waals surface area contributed by atoms with Crippen LogP contribution < -0.4 is 5.73 Å². The lowest BCUT2D eigenvalue weighted by Crippen LogP contribution is -2.11. The quantitative estimate of drug-likeness (QED) is 0.857. The summed E-state index contributed by atoms with van der Waals surface area (Å²) in [5, 5.41) is 1.08. The number of hydrogen-bond acceptors (Lipinski definition) is 1. The maximum absolute atomic E-state index is 6.13. The first-order valence-corrected chi connectivity index (χ1v) is 5.69. The van der Waals surface area contributed by atoms with Crippen LogP contribution in [0.15, 0.2) is 48.5 Å². The summed E-state index contributed by atoms with van der Waals surface area (Å²) in [6, 6.07) is 15.2. The number of halogens is 2. The van der Waals surface area contributed by atoms with Gasteiger partial charge in [-0.05, 0) is 23.3 Å². The van der Waals surface area contributed by atoms with Crippen molar-refractivity contribution in [1.29, 1.82) is 0 Å². The zero-order chi connectivity index (χ0) is 11.5. The Balaban J connectivity index is 2.34. The highest BCUT2D eigenvalue weighted by Crippen LogP contribution is 2.27. The summed E-state index contributed by atoms with van der Waals surface area (Å²) in [5.74, 6) is 0. The maximum Gasteiger partial charge on any atom is 0.0595 e. The van der Waals surface area contributed by atoms with E-state index in [4.69, 9.17) is 28.9 Å². The molecule has 3 heteroatoms. The third kappa shape index (κ3) is 2.38. The molecule has 0 radical (unpaired) electrons. The molecule has 1 nitrogen and oxygen atoms in total. The van der Waals surface area contributed by atoms with Crippen molar-refractivity contribution in [2.75, 3.05) is 0 Å². The van der Waals surface area contributed by atoms with E-state index in [0.29, 0.717) is 10.0 Å². The van der Waals surface area contributed by atoms with E-state index in [1.54, 1.807) is 6.07 Å². The van der Waals surface area contributed by atoms with Crippen molar-refractivity contribution in [2.45, 2.75) is 6.04 Å². The fourth-order valence-electron chi connectivity index (χ4n) is 1.56. The van der Waals surface area contributed by atoms with Crippen LogP contribution in [0, 0.1) is 0 Å². The van der Waals surface area contributed by atoms with Crippen molar-refractivity contribution in [3.05, 3.63) is 69.7 Å². The molecule has 0 saturated carbocycles. The molecule has 2 aromatic carbocycles. The van der Waals surface area contributed by atoms with Gasteiger partial charge >= 0.3 is 0 Å². The van der Waals surface area contributed by atoms with Crippen LogP contribution >= 0.6 is 23.2 Å². The third-order valence-corrected chi connectivity index (χ3v) is 3.20. The lowest BCUT2D eigenvalue weighted by Gasteiger charge is -2.13. The van der Waals surface area contributed by atoms with Crippen LogP contribution in [0.4, 0.5) is 0 Å². The summed E-state index contributed by atoms with van der Waals surface area (Å²) in [6.07, 6.45) is 0. The third-order valence-electron chi connectivity index (χ3n) is 2.46. The van der Waals surface area contributed by atoms with Gasteiger partial charge in [-0.1, -0.05) is 59.6 Å². The van der Waals surface area contributed by atoms with Gasteiger partial charge in [0, 0.05) is 0 Å². The molecule has 16 heavy (non-hydrogen) atoms. The Labute approximate surface area is 105 Å². The molecule has 0 heterocycles. The Bertz CT molecular complexity index is 483. The van der Waals surface area contributed by atoms with Crippen molar-refractivity contribution >= 4 is 23.2 Å². The molecule has 0 aliphatic heterocycles. The van der Waals surface area contributed by atoms with E-state index in [9.17, 15) is 0 Å². The van der Waals surface area contributed by atoms with Crippen LogP contribution in [0.25, 0.3) is 0 Å². The molecule has 1 unspecified atom stereocenters. The van der Waals surface area contributed by atoms with E-state index in [0.717, 1.165) is 11.1 Å². The first-order chi connectivity index (χ1) is 7.68. The van der Waals surface area contributed by atoms with Gasteiger partial charge in [-0.25, -0.2) is 0 Å². The molecule has 0 bridgehead atoms. The van der Waals surface area contributed by atoms with Gasteiger partial charge < -0.3 is 5.73 Å². The standard InChI is InChI=1S/C13H11Cl2N/c14-11-7-6-10(8-12(11)15)13(16)9-4-2-1-3-5-9/h1-8,13H,16H2. The molecule has 0 fully saturated rings. The van der Waals surface area contributed by atoms with Gasteiger partial charge in [-0.2, -0.15) is 0 Å². The van der Waals surface area contributed by atoms with E-state index in [-0.39, 0.29) is 6.04 Å². The summed E-state index contributed by atoms with van der Waals surface area (Å²) in [5.41, 5.74) is 8.15. The zero-order valence-corrected chi connectivity index (χ0v) is 10.0. The molecule has 0 aromatic heterocycles. The average Bonchev–Trinajstić information content (AvgIpc) is 2.33. The van der Waals surface area contributed by atoms with Gasteiger partial charge in [-0.15, -0.1) is 0 Å². The molecule has 2 N–H and O–H groups in total. The van der Waals surface area contributed by atoms with E-state index in [1.165, 1.54) is 0 Å². The predicted molar refractivity (Wildman–Crippen MR) is 68.9 cm³/mol. The smallest absolute Gasteiger partial charge is 0.0595 e. The fourth-order valence-corrected chi connectivity index (χ4v) is 1.87. The largest absolute Gasteiger partial charge is 0.320 e. The summed E-state index contributed by atoms with van der Waals surface area (Å²) >= 11 is 11.8. The van der Waals surface area contributed by atoms with Gasteiger partial charge in [0.2, 0.25) is 0 Å². The van der Waals surface area contributed by atoms with Crippen LogP contribution in [-0.2, 0) is 0 Å². The Morgan fingerprint density at radius 1 is 0.812 bits per heavy atom. The van der Waals surface area contributed by atoms with Crippen molar-refractivity contribution in [2.24, 2.45) is 5.73 Å². The minimum Gasteiger partial charge on any atom is -0.320 e. The molecule has 0 spiro atoms. The van der Waals surface area contributed by atoms with Gasteiger partial charge in [0.05, 0.1) is 16.1 Å². The maximum atomic E-state index is 6.13. The normalized spacial score (nSPS) is 12.4. The highest BCUT2D eigenvalue weighted by molar-refractivity contribution is 6.42. The summed E-state index contributed by atoms with van der Waals surface area (Å²) in [7, 11) is 0. The summed E-state index contributed by atoms with van der Waals surface area (Å²) in [4.78, 5) is 0. The van der Waals surface area contributed by atoms with E-state index < -0.39 is 0 Å². The number of benzene rings is 2. The molecular weight excluding hydrogens is 241 g/mol. The van der Waals surface area contributed by atoms with Crippen LogP contribution in [0.2, 0.25) is 10.0 Å². The van der Waals surface area contributed by atoms with Crippen molar-refractivity contribution in [1.82, 2.24) is 0 Å². The lowest BCUT2D eigenvalue weighted by molar-refractivity contribution is 0.872. The van der Waals surface area contributed by atoms with Gasteiger partial charge in [-0.3, -0.25) is 0 Å². The second-order valence-electron chi connectivity index (χ2n) is 3.56. The summed E-state index contributed by atoms with van der Waals surface area (Å²) in [6.45, 7) is 0. The molecular formula is C13H11Cl2N. The first-order valence-electron chi connectivity index (χ1n) is 4.94. The predicted octanol–water partition coefficient (Wildman–Crippen LogP) is 4.04. The van der Waals surface area contributed by atoms with Crippen molar-refractivity contribution in [3.63, 3.8) is 0 Å². The minimum atomic E-state index is -0.170. The minimum absolute atomic E-state index is 0.170. The molecule has 2 rings (SSSR count). The summed E-state index contributed by atoms with van der Waals surface area (Å²) < 4.78 is 0. The monoisotopic (exact) mass is 251 g/mol. The van der Waals surface area contributed by atoms with Crippen LogP contribution in [0.3, 0.4) is 0 Å². The Hall–Kier alpha value is -1.02.